The molecule has 2 rings (SSSR count). The molecule has 7 heteroatoms. The molecule has 1 fully saturated rings. The Morgan fingerprint density at radius 3 is 2.26 bits per heavy atom. The SMILES string of the molecule is CC(C)(C)OC(=O)N1CCN(C(=O)c2cc(Br)ccc2Cl)CC1. The second-order valence-corrected chi connectivity index (χ2v) is 7.71. The maximum absolute atomic E-state index is 12.6. The maximum atomic E-state index is 12.6. The summed E-state index contributed by atoms with van der Waals surface area (Å²) in [4.78, 5) is 27.9. The second kappa shape index (κ2) is 7.09. The summed E-state index contributed by atoms with van der Waals surface area (Å²) in [7, 11) is 0. The summed E-state index contributed by atoms with van der Waals surface area (Å²) in [5.41, 5.74) is -0.0554. The lowest BCUT2D eigenvalue weighted by molar-refractivity contribution is 0.0141. The predicted molar refractivity (Wildman–Crippen MR) is 92.9 cm³/mol. The van der Waals surface area contributed by atoms with Crippen molar-refractivity contribution < 1.29 is 14.3 Å². The van der Waals surface area contributed by atoms with Crippen LogP contribution < -0.4 is 0 Å². The number of piperazine rings is 1. The maximum Gasteiger partial charge on any atom is 0.410 e. The summed E-state index contributed by atoms with van der Waals surface area (Å²) in [5, 5.41) is 0.424. The molecule has 0 radical (unpaired) electrons. The molecule has 0 atom stereocenters. The Morgan fingerprint density at radius 2 is 1.70 bits per heavy atom. The topological polar surface area (TPSA) is 49.9 Å². The number of benzene rings is 1. The van der Waals surface area contributed by atoms with Gasteiger partial charge in [0.1, 0.15) is 5.60 Å². The van der Waals surface area contributed by atoms with Crippen molar-refractivity contribution in [3.63, 3.8) is 0 Å². The Bertz CT molecular complexity index is 608. The van der Waals surface area contributed by atoms with E-state index < -0.39 is 5.60 Å². The van der Waals surface area contributed by atoms with Gasteiger partial charge in [0.2, 0.25) is 0 Å². The number of halogens is 2. The highest BCUT2D eigenvalue weighted by Gasteiger charge is 2.28. The Kier molecular flexibility index (Phi) is 5.57. The predicted octanol–water partition coefficient (Wildman–Crippen LogP) is 3.80. The van der Waals surface area contributed by atoms with E-state index in [9.17, 15) is 9.59 Å². The Morgan fingerprint density at radius 1 is 1.13 bits per heavy atom. The molecule has 0 bridgehead atoms. The zero-order valence-electron chi connectivity index (χ0n) is 13.4. The Labute approximate surface area is 149 Å². The van der Waals surface area contributed by atoms with E-state index in [1.54, 1.807) is 28.0 Å². The first-order valence-electron chi connectivity index (χ1n) is 7.39. The molecular formula is C16H20BrClN2O3. The summed E-state index contributed by atoms with van der Waals surface area (Å²) < 4.78 is 6.15. The van der Waals surface area contributed by atoms with Crippen LogP contribution >= 0.6 is 27.5 Å². The molecule has 1 heterocycles. The molecule has 23 heavy (non-hydrogen) atoms. The summed E-state index contributed by atoms with van der Waals surface area (Å²) in [6, 6.07) is 5.19. The summed E-state index contributed by atoms with van der Waals surface area (Å²) in [5.74, 6) is -0.125. The van der Waals surface area contributed by atoms with Crippen LogP contribution in [0.5, 0.6) is 0 Å². The van der Waals surface area contributed by atoms with Gasteiger partial charge in [-0.2, -0.15) is 0 Å². The second-order valence-electron chi connectivity index (χ2n) is 6.38. The van der Waals surface area contributed by atoms with Gasteiger partial charge < -0.3 is 14.5 Å². The molecular weight excluding hydrogens is 384 g/mol. The van der Waals surface area contributed by atoms with Crippen LogP contribution in [-0.4, -0.2) is 53.6 Å². The summed E-state index contributed by atoms with van der Waals surface area (Å²) in [6.07, 6.45) is -0.343. The van der Waals surface area contributed by atoms with E-state index in [2.05, 4.69) is 15.9 Å². The van der Waals surface area contributed by atoms with E-state index in [-0.39, 0.29) is 12.0 Å². The van der Waals surface area contributed by atoms with Gasteiger partial charge in [-0.05, 0) is 39.0 Å². The van der Waals surface area contributed by atoms with Crippen molar-refractivity contribution in [1.82, 2.24) is 9.80 Å². The zero-order chi connectivity index (χ0) is 17.2. The number of carbonyl (C=O) groups is 2. The number of nitrogens with zero attached hydrogens (tertiary/aromatic N) is 2. The van der Waals surface area contributed by atoms with Crippen LogP contribution in [0.25, 0.3) is 0 Å². The fourth-order valence-corrected chi connectivity index (χ4v) is 2.81. The number of rotatable bonds is 1. The van der Waals surface area contributed by atoms with Crippen molar-refractivity contribution in [2.45, 2.75) is 26.4 Å². The van der Waals surface area contributed by atoms with Gasteiger partial charge in [0.05, 0.1) is 10.6 Å². The molecule has 1 aliphatic rings. The van der Waals surface area contributed by atoms with E-state index in [4.69, 9.17) is 16.3 Å². The molecule has 1 saturated heterocycles. The van der Waals surface area contributed by atoms with Gasteiger partial charge >= 0.3 is 6.09 Å². The van der Waals surface area contributed by atoms with Crippen LogP contribution in [-0.2, 0) is 4.74 Å². The largest absolute Gasteiger partial charge is 0.444 e. The first-order valence-corrected chi connectivity index (χ1v) is 8.57. The average molecular weight is 404 g/mol. The highest BCUT2D eigenvalue weighted by molar-refractivity contribution is 9.10. The molecule has 1 aromatic rings. The van der Waals surface area contributed by atoms with Gasteiger partial charge in [0, 0.05) is 30.7 Å². The van der Waals surface area contributed by atoms with E-state index >= 15 is 0 Å². The third kappa shape index (κ3) is 4.85. The Balaban J connectivity index is 1.97. The highest BCUT2D eigenvalue weighted by Crippen LogP contribution is 2.23. The monoisotopic (exact) mass is 402 g/mol. The zero-order valence-corrected chi connectivity index (χ0v) is 15.8. The number of carbonyl (C=O) groups excluding carboxylic acids is 2. The molecule has 0 aromatic heterocycles. The lowest BCUT2D eigenvalue weighted by Crippen LogP contribution is -2.51. The fourth-order valence-electron chi connectivity index (χ4n) is 2.25. The number of ether oxygens (including phenoxy) is 1. The molecule has 0 aliphatic carbocycles. The van der Waals surface area contributed by atoms with Crippen molar-refractivity contribution >= 4 is 39.5 Å². The summed E-state index contributed by atoms with van der Waals surface area (Å²) in [6.45, 7) is 7.32. The number of hydrogen-bond donors (Lipinski definition) is 0. The standard InChI is InChI=1S/C16H20BrClN2O3/c1-16(2,3)23-15(22)20-8-6-19(7-9-20)14(21)12-10-11(17)4-5-13(12)18/h4-5,10H,6-9H2,1-3H3. The van der Waals surface area contributed by atoms with Crippen molar-refractivity contribution in [1.29, 1.82) is 0 Å². The molecule has 2 amide bonds. The molecule has 0 N–H and O–H groups in total. The first-order chi connectivity index (χ1) is 10.7. The highest BCUT2D eigenvalue weighted by atomic mass is 79.9. The molecule has 1 aromatic carbocycles. The van der Waals surface area contributed by atoms with Crippen LogP contribution in [0, 0.1) is 0 Å². The van der Waals surface area contributed by atoms with Gasteiger partial charge in [0.15, 0.2) is 0 Å². The third-order valence-corrected chi connectivity index (χ3v) is 4.20. The lowest BCUT2D eigenvalue weighted by Gasteiger charge is -2.35. The third-order valence-electron chi connectivity index (χ3n) is 3.38. The molecule has 5 nitrogen and oxygen atoms in total. The van der Waals surface area contributed by atoms with Gasteiger partial charge in [-0.25, -0.2) is 4.79 Å². The quantitative estimate of drug-likeness (QED) is 0.717. The summed E-state index contributed by atoms with van der Waals surface area (Å²) >= 11 is 9.46. The van der Waals surface area contributed by atoms with Crippen LogP contribution in [0.1, 0.15) is 31.1 Å². The van der Waals surface area contributed by atoms with E-state index in [0.29, 0.717) is 36.8 Å². The molecule has 0 unspecified atom stereocenters. The van der Waals surface area contributed by atoms with Gasteiger partial charge in [0.25, 0.3) is 5.91 Å². The fraction of sp³-hybridized carbons (Fsp3) is 0.500. The van der Waals surface area contributed by atoms with Crippen molar-refractivity contribution in [3.8, 4) is 0 Å². The van der Waals surface area contributed by atoms with Crippen LogP contribution in [0.4, 0.5) is 4.79 Å². The van der Waals surface area contributed by atoms with Crippen LogP contribution in [0.3, 0.4) is 0 Å². The molecule has 0 spiro atoms. The van der Waals surface area contributed by atoms with Crippen molar-refractivity contribution in [2.75, 3.05) is 26.2 Å². The molecule has 126 valence electrons. The normalized spacial score (nSPS) is 15.5. The van der Waals surface area contributed by atoms with Gasteiger partial charge in [-0.1, -0.05) is 27.5 Å². The van der Waals surface area contributed by atoms with Crippen LogP contribution in [0.2, 0.25) is 5.02 Å². The number of hydrogen-bond acceptors (Lipinski definition) is 3. The first kappa shape index (κ1) is 18.1. The van der Waals surface area contributed by atoms with E-state index in [1.807, 2.05) is 20.8 Å². The van der Waals surface area contributed by atoms with Crippen LogP contribution in [0.15, 0.2) is 22.7 Å². The Hall–Kier alpha value is -1.27. The van der Waals surface area contributed by atoms with E-state index in [1.165, 1.54) is 0 Å². The molecule has 1 aliphatic heterocycles. The molecule has 0 saturated carbocycles. The minimum Gasteiger partial charge on any atom is -0.444 e. The number of amides is 2. The van der Waals surface area contributed by atoms with E-state index in [0.717, 1.165) is 4.47 Å². The minimum absolute atomic E-state index is 0.125. The van der Waals surface area contributed by atoms with Crippen molar-refractivity contribution in [2.24, 2.45) is 0 Å². The van der Waals surface area contributed by atoms with Gasteiger partial charge in [-0.3, -0.25) is 4.79 Å². The lowest BCUT2D eigenvalue weighted by atomic mass is 10.2. The minimum atomic E-state index is -0.520. The van der Waals surface area contributed by atoms with Crippen molar-refractivity contribution in [3.05, 3.63) is 33.3 Å². The average Bonchev–Trinajstić information content (AvgIpc) is 2.47. The smallest absolute Gasteiger partial charge is 0.410 e. The van der Waals surface area contributed by atoms with Gasteiger partial charge in [-0.15, -0.1) is 0 Å².